The van der Waals surface area contributed by atoms with Gasteiger partial charge in [0.25, 0.3) is 0 Å². The van der Waals surface area contributed by atoms with Crippen LogP contribution in [0.5, 0.6) is 0 Å². The van der Waals surface area contributed by atoms with Gasteiger partial charge in [-0.2, -0.15) is 0 Å². The van der Waals surface area contributed by atoms with Crippen LogP contribution < -0.4 is 0 Å². The van der Waals surface area contributed by atoms with Crippen molar-refractivity contribution in [3.63, 3.8) is 0 Å². The minimum Gasteiger partial charge on any atom is -0.299 e. The van der Waals surface area contributed by atoms with Crippen molar-refractivity contribution in [2.24, 2.45) is 5.92 Å². The Kier molecular flexibility index (Phi) is 4.18. The van der Waals surface area contributed by atoms with E-state index < -0.39 is 0 Å². The third-order valence-electron chi connectivity index (χ3n) is 4.64. The largest absolute Gasteiger partial charge is 0.299 e. The van der Waals surface area contributed by atoms with Crippen molar-refractivity contribution < 1.29 is 9.72 Å². The van der Waals surface area contributed by atoms with Crippen molar-refractivity contribution in [3.8, 4) is 0 Å². The van der Waals surface area contributed by atoms with Crippen LogP contribution in [0.25, 0.3) is 10.8 Å². The predicted molar refractivity (Wildman–Crippen MR) is 85.5 cm³/mol. The first-order chi connectivity index (χ1) is 10.6. The molecule has 0 bridgehead atoms. The Morgan fingerprint density at radius 1 is 1.14 bits per heavy atom. The molecule has 2 unspecified atom stereocenters. The molecule has 0 heterocycles. The third-order valence-corrected chi connectivity index (χ3v) is 4.64. The molecule has 2 atom stereocenters. The van der Waals surface area contributed by atoms with Crippen LogP contribution in [-0.4, -0.2) is 17.3 Å². The summed E-state index contributed by atoms with van der Waals surface area (Å²) >= 11 is 0. The highest BCUT2D eigenvalue weighted by molar-refractivity contribution is 5.85. The van der Waals surface area contributed by atoms with E-state index in [0.29, 0.717) is 6.42 Å². The predicted octanol–water partition coefficient (Wildman–Crippen LogP) is 3.96. The second-order valence-electron chi connectivity index (χ2n) is 6.05. The average Bonchev–Trinajstić information content (AvgIpc) is 2.53. The fourth-order valence-electron chi connectivity index (χ4n) is 3.50. The minimum atomic E-state index is -0.313. The first-order valence-electron chi connectivity index (χ1n) is 7.78. The van der Waals surface area contributed by atoms with Gasteiger partial charge in [0, 0.05) is 17.3 Å². The molecule has 1 fully saturated rings. The summed E-state index contributed by atoms with van der Waals surface area (Å²) < 4.78 is 0. The third kappa shape index (κ3) is 3.01. The maximum atomic E-state index is 12.2. The molecule has 0 amide bonds. The number of rotatable bonds is 4. The highest BCUT2D eigenvalue weighted by Crippen LogP contribution is 2.35. The standard InChI is InChI=1S/C18H19NO3/c20-18-8-4-3-7-16(18)17(12-19(21)22)15-10-9-13-5-1-2-6-14(13)11-15/h1-2,5-6,9-11,16-17H,3-4,7-8,12H2. The van der Waals surface area contributed by atoms with Crippen LogP contribution >= 0.6 is 0 Å². The van der Waals surface area contributed by atoms with Crippen LogP contribution in [0.4, 0.5) is 0 Å². The van der Waals surface area contributed by atoms with E-state index >= 15 is 0 Å². The van der Waals surface area contributed by atoms with Gasteiger partial charge in [0.15, 0.2) is 0 Å². The lowest BCUT2D eigenvalue weighted by atomic mass is 9.75. The second-order valence-corrected chi connectivity index (χ2v) is 6.05. The molecule has 114 valence electrons. The van der Waals surface area contributed by atoms with E-state index in [2.05, 4.69) is 0 Å². The van der Waals surface area contributed by atoms with Crippen LogP contribution in [0.3, 0.4) is 0 Å². The lowest BCUT2D eigenvalue weighted by Crippen LogP contribution is -2.30. The van der Waals surface area contributed by atoms with Gasteiger partial charge in [-0.05, 0) is 29.2 Å². The maximum Gasteiger partial charge on any atom is 0.211 e. The summed E-state index contributed by atoms with van der Waals surface area (Å²) in [6, 6.07) is 13.9. The first-order valence-corrected chi connectivity index (χ1v) is 7.78. The monoisotopic (exact) mass is 297 g/mol. The number of Topliss-reactive ketones (excluding diaryl/α,β-unsaturated/α-hetero) is 1. The molecule has 0 saturated heterocycles. The number of nitro groups is 1. The van der Waals surface area contributed by atoms with E-state index in [-0.39, 0.29) is 29.1 Å². The zero-order valence-electron chi connectivity index (χ0n) is 12.4. The van der Waals surface area contributed by atoms with Crippen LogP contribution in [-0.2, 0) is 4.79 Å². The van der Waals surface area contributed by atoms with Crippen LogP contribution in [0, 0.1) is 16.0 Å². The van der Waals surface area contributed by atoms with E-state index in [9.17, 15) is 14.9 Å². The summed E-state index contributed by atoms with van der Waals surface area (Å²) in [4.78, 5) is 23.0. The molecule has 3 rings (SSSR count). The molecule has 0 aliphatic heterocycles. The summed E-state index contributed by atoms with van der Waals surface area (Å²) in [5.74, 6) is -0.334. The minimum absolute atomic E-state index is 0.172. The van der Waals surface area contributed by atoms with Crippen molar-refractivity contribution in [2.75, 3.05) is 6.54 Å². The van der Waals surface area contributed by atoms with Gasteiger partial charge >= 0.3 is 0 Å². The van der Waals surface area contributed by atoms with Crippen LogP contribution in [0.1, 0.15) is 37.2 Å². The SMILES string of the molecule is O=C1CCCCC1C(C[N+](=O)[O-])c1ccc2ccccc2c1. The summed E-state index contributed by atoms with van der Waals surface area (Å²) in [7, 11) is 0. The van der Waals surface area contributed by atoms with Gasteiger partial charge in [-0.15, -0.1) is 0 Å². The van der Waals surface area contributed by atoms with E-state index in [0.717, 1.165) is 35.6 Å². The molecule has 1 aliphatic rings. The number of hydrogen-bond acceptors (Lipinski definition) is 3. The van der Waals surface area contributed by atoms with Gasteiger partial charge in [-0.3, -0.25) is 14.9 Å². The van der Waals surface area contributed by atoms with Crippen molar-refractivity contribution in [1.29, 1.82) is 0 Å². The highest BCUT2D eigenvalue weighted by atomic mass is 16.6. The quantitative estimate of drug-likeness (QED) is 0.634. The number of ketones is 1. The molecule has 4 heteroatoms. The van der Waals surface area contributed by atoms with E-state index in [1.165, 1.54) is 0 Å². The molecule has 1 aliphatic carbocycles. The molecule has 0 N–H and O–H groups in total. The Labute approximate surface area is 129 Å². The fraction of sp³-hybridized carbons (Fsp3) is 0.389. The van der Waals surface area contributed by atoms with Crippen molar-refractivity contribution in [1.82, 2.24) is 0 Å². The Balaban J connectivity index is 1.99. The number of hydrogen-bond donors (Lipinski definition) is 0. The second kappa shape index (κ2) is 6.26. The fourth-order valence-corrected chi connectivity index (χ4v) is 3.50. The van der Waals surface area contributed by atoms with Crippen molar-refractivity contribution >= 4 is 16.6 Å². The smallest absolute Gasteiger partial charge is 0.211 e. The number of carbonyl (C=O) groups excluding carboxylic acids is 1. The Hall–Kier alpha value is -2.23. The molecular formula is C18H19NO3. The number of nitrogens with zero attached hydrogens (tertiary/aromatic N) is 1. The normalized spacial score (nSPS) is 20.0. The number of carbonyl (C=O) groups is 1. The molecule has 0 radical (unpaired) electrons. The van der Waals surface area contributed by atoms with Crippen molar-refractivity contribution in [3.05, 3.63) is 58.1 Å². The summed E-state index contributed by atoms with van der Waals surface area (Å²) in [6.07, 6.45) is 3.23. The van der Waals surface area contributed by atoms with E-state index in [1.807, 2.05) is 42.5 Å². The van der Waals surface area contributed by atoms with E-state index in [4.69, 9.17) is 0 Å². The Bertz CT molecular complexity index is 710. The topological polar surface area (TPSA) is 60.2 Å². The lowest BCUT2D eigenvalue weighted by Gasteiger charge is -2.27. The molecule has 0 aromatic heterocycles. The Morgan fingerprint density at radius 3 is 2.64 bits per heavy atom. The summed E-state index contributed by atoms with van der Waals surface area (Å²) in [5, 5.41) is 13.3. The molecule has 0 spiro atoms. The first kappa shape index (κ1) is 14.7. The van der Waals surface area contributed by atoms with Crippen LogP contribution in [0.2, 0.25) is 0 Å². The average molecular weight is 297 g/mol. The lowest BCUT2D eigenvalue weighted by molar-refractivity contribution is -0.484. The van der Waals surface area contributed by atoms with Crippen molar-refractivity contribution in [2.45, 2.75) is 31.6 Å². The molecule has 1 saturated carbocycles. The van der Waals surface area contributed by atoms with Gasteiger partial charge in [0.1, 0.15) is 5.78 Å². The Morgan fingerprint density at radius 2 is 1.91 bits per heavy atom. The molecule has 2 aromatic carbocycles. The molecule has 2 aromatic rings. The molecule has 22 heavy (non-hydrogen) atoms. The van der Waals surface area contributed by atoms with E-state index in [1.54, 1.807) is 0 Å². The van der Waals surface area contributed by atoms with Crippen LogP contribution in [0.15, 0.2) is 42.5 Å². The van der Waals surface area contributed by atoms with Gasteiger partial charge in [-0.1, -0.05) is 48.9 Å². The van der Waals surface area contributed by atoms with Gasteiger partial charge in [0.2, 0.25) is 6.54 Å². The molecular weight excluding hydrogens is 278 g/mol. The van der Waals surface area contributed by atoms with Gasteiger partial charge in [0.05, 0.1) is 5.92 Å². The molecule has 4 nitrogen and oxygen atoms in total. The number of fused-ring (bicyclic) bond motifs is 1. The van der Waals surface area contributed by atoms with Gasteiger partial charge < -0.3 is 0 Å². The van der Waals surface area contributed by atoms with Gasteiger partial charge in [-0.25, -0.2) is 0 Å². The number of benzene rings is 2. The zero-order chi connectivity index (χ0) is 15.5. The highest BCUT2D eigenvalue weighted by Gasteiger charge is 2.34. The zero-order valence-corrected chi connectivity index (χ0v) is 12.4. The summed E-state index contributed by atoms with van der Waals surface area (Å²) in [5.41, 5.74) is 0.913. The maximum absolute atomic E-state index is 12.2. The summed E-state index contributed by atoms with van der Waals surface area (Å²) in [6.45, 7) is -0.172.